The SMILES string of the molecule is CCc1cccc(C)c1N(CC(=O)OC(C)C)C(=O)CCl. The Hall–Kier alpha value is -1.55. The molecule has 0 radical (unpaired) electrons. The number of hydrogen-bond donors (Lipinski definition) is 0. The molecule has 21 heavy (non-hydrogen) atoms. The van der Waals surface area contributed by atoms with Crippen LogP contribution in [0.3, 0.4) is 0 Å². The molecule has 0 aliphatic rings. The second-order valence-electron chi connectivity index (χ2n) is 5.09. The van der Waals surface area contributed by atoms with Gasteiger partial charge in [0.05, 0.1) is 11.8 Å². The summed E-state index contributed by atoms with van der Waals surface area (Å²) in [5.41, 5.74) is 2.70. The van der Waals surface area contributed by atoms with Crippen LogP contribution in [-0.4, -0.2) is 30.4 Å². The van der Waals surface area contributed by atoms with Gasteiger partial charge in [-0.15, -0.1) is 11.6 Å². The Morgan fingerprint density at radius 1 is 1.33 bits per heavy atom. The second-order valence-corrected chi connectivity index (χ2v) is 5.36. The maximum absolute atomic E-state index is 12.1. The third kappa shape index (κ3) is 4.74. The molecule has 116 valence electrons. The van der Waals surface area contributed by atoms with E-state index in [9.17, 15) is 9.59 Å². The molecule has 0 spiro atoms. The van der Waals surface area contributed by atoms with E-state index in [1.165, 1.54) is 4.90 Å². The first-order chi connectivity index (χ1) is 9.90. The number of esters is 1. The van der Waals surface area contributed by atoms with Gasteiger partial charge in [-0.1, -0.05) is 25.1 Å². The van der Waals surface area contributed by atoms with Crippen molar-refractivity contribution in [3.8, 4) is 0 Å². The van der Waals surface area contributed by atoms with E-state index in [-0.39, 0.29) is 24.4 Å². The molecule has 1 aromatic carbocycles. The van der Waals surface area contributed by atoms with E-state index in [2.05, 4.69) is 0 Å². The van der Waals surface area contributed by atoms with Crippen molar-refractivity contribution >= 4 is 29.2 Å². The molecule has 4 nitrogen and oxygen atoms in total. The lowest BCUT2D eigenvalue weighted by molar-refractivity contribution is -0.146. The normalized spacial score (nSPS) is 10.6. The van der Waals surface area contributed by atoms with Gasteiger partial charge in [0.1, 0.15) is 12.4 Å². The number of benzene rings is 1. The molecule has 0 saturated carbocycles. The maximum atomic E-state index is 12.1. The lowest BCUT2D eigenvalue weighted by Crippen LogP contribution is -2.39. The number of carbonyl (C=O) groups is 2. The first kappa shape index (κ1) is 17.5. The zero-order valence-electron chi connectivity index (χ0n) is 13.0. The maximum Gasteiger partial charge on any atom is 0.326 e. The van der Waals surface area contributed by atoms with E-state index >= 15 is 0 Å². The standard InChI is InChI=1S/C16H22ClNO3/c1-5-13-8-6-7-12(4)16(13)18(14(19)9-17)10-15(20)21-11(2)3/h6-8,11H,5,9-10H2,1-4H3. The lowest BCUT2D eigenvalue weighted by Gasteiger charge is -2.25. The Labute approximate surface area is 131 Å². The Bertz CT molecular complexity index is 514. The number of anilines is 1. The van der Waals surface area contributed by atoms with Crippen LogP contribution >= 0.6 is 11.6 Å². The average molecular weight is 312 g/mol. The predicted octanol–water partition coefficient (Wildman–Crippen LogP) is 3.08. The highest BCUT2D eigenvalue weighted by atomic mass is 35.5. The molecular weight excluding hydrogens is 290 g/mol. The van der Waals surface area contributed by atoms with E-state index in [0.29, 0.717) is 0 Å². The van der Waals surface area contributed by atoms with Crippen molar-refractivity contribution in [3.05, 3.63) is 29.3 Å². The summed E-state index contributed by atoms with van der Waals surface area (Å²) >= 11 is 5.69. The van der Waals surface area contributed by atoms with Gasteiger partial charge in [0.15, 0.2) is 0 Å². The number of amides is 1. The van der Waals surface area contributed by atoms with Gasteiger partial charge in [0, 0.05) is 0 Å². The van der Waals surface area contributed by atoms with Crippen LogP contribution in [0.5, 0.6) is 0 Å². The van der Waals surface area contributed by atoms with Crippen molar-refractivity contribution < 1.29 is 14.3 Å². The summed E-state index contributed by atoms with van der Waals surface area (Å²) in [6.45, 7) is 7.35. The third-order valence-corrected chi connectivity index (χ3v) is 3.27. The highest BCUT2D eigenvalue weighted by molar-refractivity contribution is 6.29. The molecule has 5 heteroatoms. The predicted molar refractivity (Wildman–Crippen MR) is 84.9 cm³/mol. The lowest BCUT2D eigenvalue weighted by atomic mass is 10.0. The molecule has 0 aliphatic carbocycles. The topological polar surface area (TPSA) is 46.6 Å². The minimum atomic E-state index is -0.436. The average Bonchev–Trinajstić information content (AvgIpc) is 2.43. The number of alkyl halides is 1. The van der Waals surface area contributed by atoms with Crippen LogP contribution in [0.15, 0.2) is 18.2 Å². The molecule has 0 fully saturated rings. The van der Waals surface area contributed by atoms with Crippen molar-refractivity contribution in [2.45, 2.75) is 40.2 Å². The minimum absolute atomic E-state index is 0.123. The van der Waals surface area contributed by atoms with Gasteiger partial charge in [-0.05, 0) is 38.3 Å². The molecule has 0 bridgehead atoms. The summed E-state index contributed by atoms with van der Waals surface area (Å²) in [7, 11) is 0. The van der Waals surface area contributed by atoms with Crippen molar-refractivity contribution in [3.63, 3.8) is 0 Å². The number of halogens is 1. The van der Waals surface area contributed by atoms with Gasteiger partial charge in [-0.25, -0.2) is 0 Å². The van der Waals surface area contributed by atoms with Crippen LogP contribution in [0, 0.1) is 6.92 Å². The minimum Gasteiger partial charge on any atom is -0.462 e. The van der Waals surface area contributed by atoms with E-state index in [1.54, 1.807) is 13.8 Å². The summed E-state index contributed by atoms with van der Waals surface area (Å²) < 4.78 is 5.13. The van der Waals surface area contributed by atoms with Crippen LogP contribution in [0.1, 0.15) is 31.9 Å². The number of aryl methyl sites for hydroxylation is 2. The Balaban J connectivity index is 3.15. The largest absolute Gasteiger partial charge is 0.462 e. The van der Waals surface area contributed by atoms with Crippen LogP contribution in [0.2, 0.25) is 0 Å². The summed E-state index contributed by atoms with van der Waals surface area (Å²) in [6, 6.07) is 5.80. The number of hydrogen-bond acceptors (Lipinski definition) is 3. The first-order valence-corrected chi connectivity index (χ1v) is 7.58. The Morgan fingerprint density at radius 3 is 2.52 bits per heavy atom. The number of para-hydroxylation sites is 1. The zero-order valence-corrected chi connectivity index (χ0v) is 13.7. The van der Waals surface area contributed by atoms with Crippen LogP contribution < -0.4 is 4.90 Å². The molecular formula is C16H22ClNO3. The number of carbonyl (C=O) groups excluding carboxylic acids is 2. The smallest absolute Gasteiger partial charge is 0.326 e. The third-order valence-electron chi connectivity index (χ3n) is 3.04. The molecule has 0 N–H and O–H groups in total. The van der Waals surface area contributed by atoms with E-state index in [1.807, 2.05) is 32.0 Å². The van der Waals surface area contributed by atoms with Crippen molar-refractivity contribution in [2.75, 3.05) is 17.3 Å². The van der Waals surface area contributed by atoms with Gasteiger partial charge in [-0.2, -0.15) is 0 Å². The quantitative estimate of drug-likeness (QED) is 0.599. The van der Waals surface area contributed by atoms with Gasteiger partial charge < -0.3 is 4.74 Å². The van der Waals surface area contributed by atoms with Crippen LogP contribution in [0.25, 0.3) is 0 Å². The van der Waals surface area contributed by atoms with E-state index < -0.39 is 5.97 Å². The van der Waals surface area contributed by atoms with E-state index in [4.69, 9.17) is 16.3 Å². The first-order valence-electron chi connectivity index (χ1n) is 7.05. The van der Waals surface area contributed by atoms with Crippen molar-refractivity contribution in [1.29, 1.82) is 0 Å². The summed E-state index contributed by atoms with van der Waals surface area (Å²) in [5.74, 6) is -0.915. The fraction of sp³-hybridized carbons (Fsp3) is 0.500. The van der Waals surface area contributed by atoms with Crippen molar-refractivity contribution in [2.24, 2.45) is 0 Å². The molecule has 0 unspecified atom stereocenters. The molecule has 0 saturated heterocycles. The summed E-state index contributed by atoms with van der Waals surface area (Å²) in [4.78, 5) is 25.5. The van der Waals surface area contributed by atoms with Gasteiger partial charge in [0.25, 0.3) is 0 Å². The fourth-order valence-corrected chi connectivity index (χ4v) is 2.33. The number of ether oxygens (including phenoxy) is 1. The zero-order chi connectivity index (χ0) is 16.0. The number of nitrogens with zero attached hydrogens (tertiary/aromatic N) is 1. The second kappa shape index (κ2) is 8.03. The molecule has 1 amide bonds. The highest BCUT2D eigenvalue weighted by Crippen LogP contribution is 2.26. The Kier molecular flexibility index (Phi) is 6.69. The van der Waals surface area contributed by atoms with Crippen LogP contribution in [0.4, 0.5) is 5.69 Å². The van der Waals surface area contributed by atoms with Crippen molar-refractivity contribution in [1.82, 2.24) is 0 Å². The van der Waals surface area contributed by atoms with Gasteiger partial charge in [-0.3, -0.25) is 14.5 Å². The monoisotopic (exact) mass is 311 g/mol. The van der Waals surface area contributed by atoms with Crippen LogP contribution in [-0.2, 0) is 20.7 Å². The molecule has 1 aromatic rings. The summed E-state index contributed by atoms with van der Waals surface area (Å²) in [5, 5.41) is 0. The van der Waals surface area contributed by atoms with Gasteiger partial charge in [0.2, 0.25) is 5.91 Å². The molecule has 0 aromatic heterocycles. The summed E-state index contributed by atoms with van der Waals surface area (Å²) in [6.07, 6.45) is 0.551. The molecule has 0 atom stereocenters. The fourth-order valence-electron chi connectivity index (χ4n) is 2.18. The highest BCUT2D eigenvalue weighted by Gasteiger charge is 2.23. The Morgan fingerprint density at radius 2 is 2.00 bits per heavy atom. The molecule has 0 aliphatic heterocycles. The van der Waals surface area contributed by atoms with Gasteiger partial charge >= 0.3 is 5.97 Å². The van der Waals surface area contributed by atoms with E-state index in [0.717, 1.165) is 23.2 Å². The molecule has 1 rings (SSSR count). The number of rotatable bonds is 6. The molecule has 0 heterocycles.